The molecule has 0 aromatic carbocycles. The summed E-state index contributed by atoms with van der Waals surface area (Å²) in [6.07, 6.45) is 2.43. The van der Waals surface area contributed by atoms with Crippen LogP contribution in [0.4, 0.5) is 0 Å². The number of nitrogens with one attached hydrogen (secondary N) is 1. The van der Waals surface area contributed by atoms with E-state index in [1.165, 1.54) is 37.3 Å². The van der Waals surface area contributed by atoms with Crippen molar-refractivity contribution in [3.8, 4) is 0 Å². The molecule has 1 aromatic heterocycles. The van der Waals surface area contributed by atoms with Gasteiger partial charge in [0.25, 0.3) is 5.91 Å². The molecule has 0 spiro atoms. The molecule has 0 saturated carbocycles. The fourth-order valence-electron chi connectivity index (χ4n) is 3.34. The predicted octanol–water partition coefficient (Wildman–Crippen LogP) is 3.25. The number of hydrogen-bond donors (Lipinski definition) is 1. The van der Waals surface area contributed by atoms with Gasteiger partial charge in [0, 0.05) is 12.1 Å². The van der Waals surface area contributed by atoms with E-state index >= 15 is 0 Å². The first kappa shape index (κ1) is 14.7. The van der Waals surface area contributed by atoms with Crippen LogP contribution in [0.5, 0.6) is 0 Å². The van der Waals surface area contributed by atoms with Crippen LogP contribution in [0.1, 0.15) is 29.4 Å². The monoisotopic (exact) mass is 330 g/mol. The predicted molar refractivity (Wildman–Crippen MR) is 85.9 cm³/mol. The summed E-state index contributed by atoms with van der Waals surface area (Å²) in [6.45, 7) is 4.61. The molecule has 2 bridgehead atoms. The molecule has 4 rings (SSSR count). The molecule has 3 fully saturated rings. The van der Waals surface area contributed by atoms with Gasteiger partial charge < -0.3 is 5.32 Å². The summed E-state index contributed by atoms with van der Waals surface area (Å²) in [7, 11) is 0. The van der Waals surface area contributed by atoms with Gasteiger partial charge in [-0.05, 0) is 50.9 Å². The second-order valence-electron chi connectivity index (χ2n) is 5.49. The van der Waals surface area contributed by atoms with Gasteiger partial charge in [0.2, 0.25) is 0 Å². The number of alkyl halides is 1. The average molecular weight is 331 g/mol. The van der Waals surface area contributed by atoms with E-state index in [0.29, 0.717) is 23.2 Å². The standard InChI is InChI=1S/C14H19ClN2OS2/c1-9-13(10-4-6-17(9)7-5-10)16-14(18)11-2-3-12(20-11)19-8-15/h2-3,9-10,13H,4-8H2,1H3,(H,16,18)/t9-,13-/m0/s1. The number of fused-ring (bicyclic) bond motifs is 3. The molecule has 3 saturated heterocycles. The van der Waals surface area contributed by atoms with Crippen molar-refractivity contribution in [2.45, 2.75) is 36.1 Å². The molecule has 4 heterocycles. The van der Waals surface area contributed by atoms with E-state index in [0.717, 1.165) is 9.09 Å². The van der Waals surface area contributed by atoms with Gasteiger partial charge in [0.05, 0.1) is 14.3 Å². The van der Waals surface area contributed by atoms with Gasteiger partial charge in [-0.2, -0.15) is 0 Å². The van der Waals surface area contributed by atoms with E-state index in [1.807, 2.05) is 12.1 Å². The Kier molecular flexibility index (Phi) is 4.60. The minimum atomic E-state index is 0.0713. The number of nitrogens with zero attached hydrogens (tertiary/aromatic N) is 1. The minimum Gasteiger partial charge on any atom is -0.347 e. The maximum atomic E-state index is 12.4. The SMILES string of the molecule is C[C@H]1[C@H](NC(=O)c2ccc(SCCl)s2)C2CCN1CC2. The van der Waals surface area contributed by atoms with E-state index < -0.39 is 0 Å². The molecule has 20 heavy (non-hydrogen) atoms. The summed E-state index contributed by atoms with van der Waals surface area (Å²) in [6, 6.07) is 4.65. The van der Waals surface area contributed by atoms with Gasteiger partial charge in [-0.15, -0.1) is 22.9 Å². The van der Waals surface area contributed by atoms with E-state index in [1.54, 1.807) is 11.8 Å². The summed E-state index contributed by atoms with van der Waals surface area (Å²) in [5, 5.41) is 3.79. The van der Waals surface area contributed by atoms with Crippen LogP contribution in [-0.2, 0) is 0 Å². The lowest BCUT2D eigenvalue weighted by atomic mass is 9.79. The smallest absolute Gasteiger partial charge is 0.261 e. The quantitative estimate of drug-likeness (QED) is 0.679. The number of thiophene rings is 1. The number of carbonyl (C=O) groups is 1. The highest BCUT2D eigenvalue weighted by Crippen LogP contribution is 2.33. The summed E-state index contributed by atoms with van der Waals surface area (Å²) in [5.41, 5.74) is 0. The van der Waals surface area contributed by atoms with Crippen LogP contribution in [0.25, 0.3) is 0 Å². The number of amides is 1. The number of carbonyl (C=O) groups excluding carboxylic acids is 1. The molecule has 2 atom stereocenters. The minimum absolute atomic E-state index is 0.0713. The van der Waals surface area contributed by atoms with Crippen LogP contribution < -0.4 is 5.32 Å². The molecular formula is C14H19ClN2OS2. The highest BCUT2D eigenvalue weighted by Gasteiger charge is 2.40. The zero-order valence-corrected chi connectivity index (χ0v) is 13.9. The van der Waals surface area contributed by atoms with Crippen LogP contribution in [0.3, 0.4) is 0 Å². The number of hydrogen-bond acceptors (Lipinski definition) is 4. The maximum Gasteiger partial charge on any atom is 0.261 e. The molecule has 0 aliphatic carbocycles. The third-order valence-corrected chi connectivity index (χ3v) is 6.82. The Morgan fingerprint density at radius 3 is 2.90 bits per heavy atom. The first-order valence-electron chi connectivity index (χ1n) is 7.02. The zero-order valence-electron chi connectivity index (χ0n) is 11.5. The maximum absolute atomic E-state index is 12.4. The van der Waals surface area contributed by atoms with Gasteiger partial charge in [0.1, 0.15) is 0 Å². The highest BCUT2D eigenvalue weighted by molar-refractivity contribution is 8.02. The van der Waals surface area contributed by atoms with E-state index in [9.17, 15) is 4.79 Å². The van der Waals surface area contributed by atoms with Crippen molar-refractivity contribution in [2.75, 3.05) is 18.3 Å². The van der Waals surface area contributed by atoms with Crippen molar-refractivity contribution in [1.29, 1.82) is 0 Å². The Balaban J connectivity index is 1.66. The molecule has 110 valence electrons. The van der Waals surface area contributed by atoms with Crippen molar-refractivity contribution in [2.24, 2.45) is 5.92 Å². The number of rotatable bonds is 4. The van der Waals surface area contributed by atoms with Crippen LogP contribution in [0.2, 0.25) is 0 Å². The van der Waals surface area contributed by atoms with Gasteiger partial charge in [-0.3, -0.25) is 9.69 Å². The molecule has 1 aromatic rings. The Morgan fingerprint density at radius 1 is 1.50 bits per heavy atom. The summed E-state index contributed by atoms with van der Waals surface area (Å²) in [5.74, 6) is 0.720. The average Bonchev–Trinajstić information content (AvgIpc) is 2.92. The van der Waals surface area contributed by atoms with Gasteiger partial charge in [-0.1, -0.05) is 11.8 Å². The molecular weight excluding hydrogens is 312 g/mol. The third kappa shape index (κ3) is 2.86. The second kappa shape index (κ2) is 6.26. The molecule has 3 aliphatic heterocycles. The molecule has 1 N–H and O–H groups in total. The number of thioether (sulfide) groups is 1. The van der Waals surface area contributed by atoms with Crippen molar-refractivity contribution >= 4 is 40.6 Å². The van der Waals surface area contributed by atoms with Gasteiger partial charge in [0.15, 0.2) is 0 Å². The first-order valence-corrected chi connectivity index (χ1v) is 9.36. The molecule has 1 amide bonds. The largest absolute Gasteiger partial charge is 0.347 e. The molecule has 6 heteroatoms. The number of halogens is 1. The highest BCUT2D eigenvalue weighted by atomic mass is 35.5. The summed E-state index contributed by atoms with van der Waals surface area (Å²) in [4.78, 5) is 15.7. The molecule has 3 aliphatic rings. The Morgan fingerprint density at radius 2 is 2.25 bits per heavy atom. The fraction of sp³-hybridized carbons (Fsp3) is 0.643. The summed E-state index contributed by atoms with van der Waals surface area (Å²) < 4.78 is 1.10. The Hall–Kier alpha value is -0.230. The van der Waals surface area contributed by atoms with Crippen molar-refractivity contribution in [1.82, 2.24) is 10.2 Å². The topological polar surface area (TPSA) is 32.3 Å². The van der Waals surface area contributed by atoms with E-state index in [4.69, 9.17) is 11.6 Å². The lowest BCUT2D eigenvalue weighted by Gasteiger charge is -2.49. The van der Waals surface area contributed by atoms with Crippen molar-refractivity contribution < 1.29 is 4.79 Å². The van der Waals surface area contributed by atoms with Crippen molar-refractivity contribution in [3.63, 3.8) is 0 Å². The third-order valence-electron chi connectivity index (χ3n) is 4.48. The van der Waals surface area contributed by atoms with Gasteiger partial charge in [-0.25, -0.2) is 0 Å². The second-order valence-corrected chi connectivity index (χ2v) is 8.43. The molecule has 3 nitrogen and oxygen atoms in total. The first-order chi connectivity index (χ1) is 9.69. The lowest BCUT2D eigenvalue weighted by Crippen LogP contribution is -2.62. The Bertz CT molecular complexity index is 483. The summed E-state index contributed by atoms with van der Waals surface area (Å²) >= 11 is 8.80. The lowest BCUT2D eigenvalue weighted by molar-refractivity contribution is 0.0218. The Labute approximate surface area is 133 Å². The van der Waals surface area contributed by atoms with Gasteiger partial charge >= 0.3 is 0 Å². The van der Waals surface area contributed by atoms with Crippen LogP contribution in [0, 0.1) is 5.92 Å². The van der Waals surface area contributed by atoms with E-state index in [2.05, 4.69) is 17.1 Å². The number of piperidine rings is 3. The van der Waals surface area contributed by atoms with Crippen LogP contribution in [0.15, 0.2) is 16.3 Å². The fourth-order valence-corrected chi connectivity index (χ4v) is 5.48. The molecule has 0 radical (unpaired) electrons. The van der Waals surface area contributed by atoms with Crippen LogP contribution in [-0.4, -0.2) is 41.2 Å². The van der Waals surface area contributed by atoms with E-state index in [-0.39, 0.29) is 5.91 Å². The normalized spacial score (nSPS) is 32.3. The van der Waals surface area contributed by atoms with Crippen molar-refractivity contribution in [3.05, 3.63) is 17.0 Å². The zero-order chi connectivity index (χ0) is 14.1. The van der Waals surface area contributed by atoms with Crippen LogP contribution >= 0.6 is 34.7 Å². The molecule has 0 unspecified atom stereocenters.